The zero-order valence-electron chi connectivity index (χ0n) is 23.6. The number of ether oxygens (including phenoxy) is 1. The van der Waals surface area contributed by atoms with Gasteiger partial charge in [0.15, 0.2) is 21.4 Å². The predicted molar refractivity (Wildman–Crippen MR) is 147 cm³/mol. The van der Waals surface area contributed by atoms with Crippen molar-refractivity contribution in [2.45, 2.75) is 49.8 Å². The third-order valence-electron chi connectivity index (χ3n) is 6.96. The Morgan fingerprint density at radius 1 is 1.24 bits per heavy atom. The van der Waals surface area contributed by atoms with Crippen molar-refractivity contribution in [2.75, 3.05) is 31.5 Å². The van der Waals surface area contributed by atoms with Gasteiger partial charge in [-0.05, 0) is 32.9 Å². The number of aryl methyl sites for hydroxylation is 3. The molecule has 4 rings (SSSR count). The molecule has 14 nitrogen and oxygen atoms in total. The number of rotatable bonds is 9. The third kappa shape index (κ3) is 5.95. The van der Waals surface area contributed by atoms with E-state index in [1.807, 2.05) is 0 Å². The Labute approximate surface area is 239 Å². The molecule has 224 valence electrons. The minimum Gasteiger partial charge on any atom is -0.486 e. The molecule has 0 radical (unpaired) electrons. The number of fused-ring (bicyclic) bond motifs is 1. The number of nitrogens with zero attached hydrogens (tertiary/aromatic N) is 5. The normalized spacial score (nSPS) is 18.9. The Balaban J connectivity index is 1.78. The van der Waals surface area contributed by atoms with Gasteiger partial charge in [-0.15, -0.1) is 0 Å². The molecule has 0 saturated heterocycles. The van der Waals surface area contributed by atoms with Crippen LogP contribution in [-0.2, 0) is 27.1 Å². The molecular weight excluding hydrogens is 576 g/mol. The van der Waals surface area contributed by atoms with Gasteiger partial charge in [-0.3, -0.25) is 9.52 Å². The largest absolute Gasteiger partial charge is 0.486 e. The summed E-state index contributed by atoms with van der Waals surface area (Å²) in [4.78, 5) is 19.0. The standard InChI is InChI=1S/C25H34N6O8S2/c1-15-10-31(16(2)13-32)25(33)19-8-7-9-20(28-40(34,35)24-17(3)27-39-18(24)4)23(19)38-21(15)11-30(6)41(36,37)22-12-29(5)14-26-22/h7-9,12,14-16,21,28,32H,10-11,13H2,1-6H3/t15-,16+,21-/m0/s1. The lowest BCUT2D eigenvalue weighted by atomic mass is 9.99. The van der Waals surface area contributed by atoms with Crippen LogP contribution in [0.1, 0.15) is 35.7 Å². The average Bonchev–Trinajstić information content (AvgIpc) is 3.50. The molecule has 0 aliphatic carbocycles. The van der Waals surface area contributed by atoms with Crippen molar-refractivity contribution < 1.29 is 36.0 Å². The molecule has 1 aromatic carbocycles. The number of aliphatic hydroxyl groups excluding tert-OH is 1. The van der Waals surface area contributed by atoms with Gasteiger partial charge in [-0.1, -0.05) is 18.1 Å². The van der Waals surface area contributed by atoms with Crippen molar-refractivity contribution in [3.8, 4) is 5.75 Å². The van der Waals surface area contributed by atoms with Gasteiger partial charge < -0.3 is 23.8 Å². The van der Waals surface area contributed by atoms with Gasteiger partial charge in [0.05, 0.1) is 36.8 Å². The van der Waals surface area contributed by atoms with Crippen LogP contribution in [0.3, 0.4) is 0 Å². The van der Waals surface area contributed by atoms with Crippen molar-refractivity contribution >= 4 is 31.6 Å². The summed E-state index contributed by atoms with van der Waals surface area (Å²) in [6, 6.07) is 3.86. The first kappa shape index (κ1) is 30.5. The highest BCUT2D eigenvalue weighted by molar-refractivity contribution is 7.92. The maximum absolute atomic E-state index is 13.7. The van der Waals surface area contributed by atoms with Gasteiger partial charge in [-0.2, -0.15) is 4.31 Å². The van der Waals surface area contributed by atoms with Crippen molar-refractivity contribution in [3.05, 3.63) is 47.7 Å². The third-order valence-corrected chi connectivity index (χ3v) is 10.3. The van der Waals surface area contributed by atoms with Gasteiger partial charge in [0.25, 0.3) is 26.0 Å². The molecule has 3 aromatic rings. The molecule has 1 aliphatic rings. The highest BCUT2D eigenvalue weighted by atomic mass is 32.2. The monoisotopic (exact) mass is 610 g/mol. The van der Waals surface area contributed by atoms with E-state index in [0.717, 1.165) is 4.31 Å². The molecule has 16 heteroatoms. The maximum Gasteiger partial charge on any atom is 0.267 e. The van der Waals surface area contributed by atoms with Crippen LogP contribution >= 0.6 is 0 Å². The van der Waals surface area contributed by atoms with Crippen LogP contribution in [0.2, 0.25) is 0 Å². The topological polar surface area (TPSA) is 177 Å². The van der Waals surface area contributed by atoms with Crippen LogP contribution in [0, 0.1) is 19.8 Å². The van der Waals surface area contributed by atoms with E-state index in [0.29, 0.717) is 0 Å². The zero-order chi connectivity index (χ0) is 30.3. The van der Waals surface area contributed by atoms with Gasteiger partial charge >= 0.3 is 0 Å². The molecule has 0 fully saturated rings. The molecule has 3 heterocycles. The van der Waals surface area contributed by atoms with Crippen molar-refractivity contribution in [1.82, 2.24) is 23.9 Å². The second-order valence-corrected chi connectivity index (χ2v) is 13.8. The fourth-order valence-electron chi connectivity index (χ4n) is 4.63. The summed E-state index contributed by atoms with van der Waals surface area (Å²) in [6.07, 6.45) is 1.93. The van der Waals surface area contributed by atoms with E-state index in [1.54, 1.807) is 20.9 Å². The Morgan fingerprint density at radius 2 is 1.95 bits per heavy atom. The molecular formula is C25H34N6O8S2. The lowest BCUT2D eigenvalue weighted by molar-refractivity contribution is 0.0389. The average molecular weight is 611 g/mol. The summed E-state index contributed by atoms with van der Waals surface area (Å²) in [5.41, 5.74) is 0.180. The Kier molecular flexibility index (Phi) is 8.50. The summed E-state index contributed by atoms with van der Waals surface area (Å²) in [5, 5.41) is 13.5. The van der Waals surface area contributed by atoms with E-state index in [9.17, 15) is 26.7 Å². The summed E-state index contributed by atoms with van der Waals surface area (Å²) >= 11 is 0. The first-order valence-corrected chi connectivity index (χ1v) is 15.7. The highest BCUT2D eigenvalue weighted by Crippen LogP contribution is 2.37. The van der Waals surface area contributed by atoms with Crippen LogP contribution in [0.4, 0.5) is 5.69 Å². The van der Waals surface area contributed by atoms with Gasteiger partial charge in [0.1, 0.15) is 11.8 Å². The number of aromatic nitrogens is 3. The van der Waals surface area contributed by atoms with Crippen molar-refractivity contribution in [2.24, 2.45) is 13.0 Å². The first-order chi connectivity index (χ1) is 19.2. The number of nitrogens with one attached hydrogen (secondary N) is 1. The second kappa shape index (κ2) is 11.4. The van der Waals surface area contributed by atoms with Gasteiger partial charge in [0.2, 0.25) is 0 Å². The molecule has 0 unspecified atom stereocenters. The number of carbonyl (C=O) groups is 1. The molecule has 2 N–H and O–H groups in total. The number of sulfonamides is 2. The summed E-state index contributed by atoms with van der Waals surface area (Å²) < 4.78 is 69.7. The van der Waals surface area contributed by atoms with E-state index in [2.05, 4.69) is 14.9 Å². The first-order valence-electron chi connectivity index (χ1n) is 12.8. The summed E-state index contributed by atoms with van der Waals surface area (Å²) in [7, 11) is -5.16. The lowest BCUT2D eigenvalue weighted by Crippen LogP contribution is -2.50. The zero-order valence-corrected chi connectivity index (χ0v) is 25.2. The maximum atomic E-state index is 13.7. The van der Waals surface area contributed by atoms with Crippen molar-refractivity contribution in [1.29, 1.82) is 0 Å². The van der Waals surface area contributed by atoms with Gasteiger partial charge in [-0.25, -0.2) is 21.8 Å². The predicted octanol–water partition coefficient (Wildman–Crippen LogP) is 1.37. The van der Waals surface area contributed by atoms with E-state index in [-0.39, 0.29) is 58.1 Å². The van der Waals surface area contributed by atoms with E-state index in [4.69, 9.17) is 9.26 Å². The molecule has 3 atom stereocenters. The fraction of sp³-hybridized carbons (Fsp3) is 0.480. The summed E-state index contributed by atoms with van der Waals surface area (Å²) in [5.74, 6) is -0.890. The Bertz CT molecular complexity index is 1630. The van der Waals surface area contributed by atoms with Crippen LogP contribution in [0.5, 0.6) is 5.75 Å². The van der Waals surface area contributed by atoms with Crippen LogP contribution in [-0.4, -0.2) is 90.7 Å². The Hall–Kier alpha value is -3.47. The molecule has 41 heavy (non-hydrogen) atoms. The number of benzene rings is 1. The van der Waals surface area contributed by atoms with Crippen LogP contribution in [0.25, 0.3) is 0 Å². The van der Waals surface area contributed by atoms with E-state index < -0.39 is 44.0 Å². The summed E-state index contributed by atoms with van der Waals surface area (Å²) in [6.45, 7) is 6.13. The number of amides is 1. The lowest BCUT2D eigenvalue weighted by Gasteiger charge is -2.38. The smallest absolute Gasteiger partial charge is 0.267 e. The second-order valence-electron chi connectivity index (χ2n) is 10.2. The number of hydrogen-bond donors (Lipinski definition) is 2. The quantitative estimate of drug-likeness (QED) is 0.360. The number of likely N-dealkylation sites (N-methyl/N-ethyl adjacent to an activating group) is 1. The number of carbonyl (C=O) groups excluding carboxylic acids is 1. The molecule has 1 amide bonds. The van der Waals surface area contributed by atoms with E-state index >= 15 is 0 Å². The molecule has 0 bridgehead atoms. The molecule has 0 spiro atoms. The SMILES string of the molecule is Cc1noc(C)c1S(=O)(=O)Nc1cccc2c1O[C@@H](CN(C)S(=O)(=O)c1cn(C)cn1)[C@@H](C)CN([C@H](C)CO)C2=O. The number of imidazole rings is 1. The number of hydrogen-bond acceptors (Lipinski definition) is 10. The highest BCUT2D eigenvalue weighted by Gasteiger charge is 2.37. The Morgan fingerprint density at radius 3 is 2.54 bits per heavy atom. The minimum atomic E-state index is -4.22. The van der Waals surface area contributed by atoms with E-state index in [1.165, 1.54) is 61.1 Å². The van der Waals surface area contributed by atoms with Crippen LogP contribution < -0.4 is 9.46 Å². The van der Waals surface area contributed by atoms with Crippen LogP contribution in [0.15, 0.2) is 45.2 Å². The fourth-order valence-corrected chi connectivity index (χ4v) is 7.17. The molecule has 1 aliphatic heterocycles. The van der Waals surface area contributed by atoms with Crippen molar-refractivity contribution in [3.63, 3.8) is 0 Å². The number of anilines is 1. The minimum absolute atomic E-state index is 0.0261. The number of aliphatic hydroxyl groups is 1. The number of para-hydroxylation sites is 1. The molecule has 2 aromatic heterocycles. The molecule has 0 saturated carbocycles. The van der Waals surface area contributed by atoms with Gasteiger partial charge in [0, 0.05) is 32.8 Å².